The molecule has 0 spiro atoms. The van der Waals surface area contributed by atoms with Crippen molar-refractivity contribution < 1.29 is 13.9 Å². The number of likely N-dealkylation sites (N-methyl/N-ethyl adjacent to an activating group) is 1. The molecule has 1 aromatic carbocycles. The zero-order valence-electron chi connectivity index (χ0n) is 9.16. The summed E-state index contributed by atoms with van der Waals surface area (Å²) in [5, 5.41) is 9.52. The molecule has 0 aliphatic rings. The van der Waals surface area contributed by atoms with Crippen molar-refractivity contribution in [1.29, 1.82) is 0 Å². The smallest absolute Gasteiger partial charge is 0.160 e. The number of nitrogens with two attached hydrogens (primary N) is 1. The first kappa shape index (κ1) is 12.9. The second kappa shape index (κ2) is 5.77. The molecule has 16 heavy (non-hydrogen) atoms. The first-order valence-electron chi connectivity index (χ1n) is 5.09. The van der Waals surface area contributed by atoms with Crippen LogP contribution in [0.2, 0.25) is 0 Å². The number of halogens is 2. The molecule has 1 unspecified atom stereocenters. The van der Waals surface area contributed by atoms with Crippen LogP contribution >= 0.6 is 0 Å². The minimum atomic E-state index is -0.891. The Labute approximate surface area is 93.5 Å². The molecule has 3 N–H and O–H groups in total. The minimum Gasteiger partial charge on any atom is -0.391 e. The summed E-state index contributed by atoms with van der Waals surface area (Å²) in [6.07, 6.45) is -0.0864. The molecule has 1 rings (SSSR count). The van der Waals surface area contributed by atoms with Gasteiger partial charge in [0.25, 0.3) is 0 Å². The molecule has 0 aliphatic heterocycles. The zero-order chi connectivity index (χ0) is 12.1. The standard InChI is InChI=1S/C11H16F2N2O/c1-15(7-9(16)4-5-14)8-2-3-10(12)11(13)6-8/h2-3,6,9,16H,4-5,7,14H2,1H3. The molecule has 0 fully saturated rings. The maximum Gasteiger partial charge on any atom is 0.160 e. The van der Waals surface area contributed by atoms with Gasteiger partial charge in [0.15, 0.2) is 11.6 Å². The van der Waals surface area contributed by atoms with Crippen LogP contribution < -0.4 is 10.6 Å². The lowest BCUT2D eigenvalue weighted by molar-refractivity contribution is 0.174. The van der Waals surface area contributed by atoms with Gasteiger partial charge in [-0.25, -0.2) is 8.78 Å². The fourth-order valence-corrected chi connectivity index (χ4v) is 1.43. The van der Waals surface area contributed by atoms with E-state index in [0.717, 1.165) is 12.1 Å². The Morgan fingerprint density at radius 3 is 2.62 bits per heavy atom. The zero-order valence-corrected chi connectivity index (χ0v) is 9.16. The lowest BCUT2D eigenvalue weighted by Crippen LogP contribution is -2.30. The summed E-state index contributed by atoms with van der Waals surface area (Å²) in [5.41, 5.74) is 5.82. The highest BCUT2D eigenvalue weighted by Gasteiger charge is 2.10. The number of rotatable bonds is 5. The van der Waals surface area contributed by atoms with Crippen molar-refractivity contribution in [1.82, 2.24) is 0 Å². The Morgan fingerprint density at radius 2 is 2.06 bits per heavy atom. The van der Waals surface area contributed by atoms with E-state index in [9.17, 15) is 13.9 Å². The van der Waals surface area contributed by atoms with Gasteiger partial charge in [0.2, 0.25) is 0 Å². The summed E-state index contributed by atoms with van der Waals surface area (Å²) in [5.74, 6) is -1.77. The van der Waals surface area contributed by atoms with Gasteiger partial charge in [-0.1, -0.05) is 0 Å². The summed E-state index contributed by atoms with van der Waals surface area (Å²) in [6, 6.07) is 3.63. The van der Waals surface area contributed by atoms with Crippen molar-refractivity contribution in [3.8, 4) is 0 Å². The molecule has 0 aromatic heterocycles. The Bertz CT molecular complexity index is 347. The highest BCUT2D eigenvalue weighted by atomic mass is 19.2. The van der Waals surface area contributed by atoms with E-state index >= 15 is 0 Å². The molecule has 0 amide bonds. The van der Waals surface area contributed by atoms with E-state index in [1.165, 1.54) is 6.07 Å². The molecule has 90 valence electrons. The van der Waals surface area contributed by atoms with Crippen molar-refractivity contribution in [3.63, 3.8) is 0 Å². The van der Waals surface area contributed by atoms with Crippen molar-refractivity contribution in [2.45, 2.75) is 12.5 Å². The third kappa shape index (κ3) is 3.43. The topological polar surface area (TPSA) is 49.5 Å². The lowest BCUT2D eigenvalue weighted by Gasteiger charge is -2.22. The van der Waals surface area contributed by atoms with Gasteiger partial charge in [-0.15, -0.1) is 0 Å². The Hall–Kier alpha value is -1.20. The van der Waals surface area contributed by atoms with Crippen LogP contribution in [0, 0.1) is 11.6 Å². The van der Waals surface area contributed by atoms with Crippen LogP contribution in [0.4, 0.5) is 14.5 Å². The van der Waals surface area contributed by atoms with Crippen LogP contribution in [0.5, 0.6) is 0 Å². The van der Waals surface area contributed by atoms with Crippen LogP contribution in [0.15, 0.2) is 18.2 Å². The van der Waals surface area contributed by atoms with E-state index in [-0.39, 0.29) is 0 Å². The maximum absolute atomic E-state index is 12.9. The van der Waals surface area contributed by atoms with Gasteiger partial charge >= 0.3 is 0 Å². The molecule has 0 bridgehead atoms. The third-order valence-corrected chi connectivity index (χ3v) is 2.33. The fraction of sp³-hybridized carbons (Fsp3) is 0.455. The molecule has 3 nitrogen and oxygen atoms in total. The van der Waals surface area contributed by atoms with Crippen molar-refractivity contribution in [2.24, 2.45) is 5.73 Å². The number of aliphatic hydroxyl groups excluding tert-OH is 1. The molecular formula is C11H16F2N2O. The second-order valence-electron chi connectivity index (χ2n) is 3.71. The molecule has 0 saturated heterocycles. The van der Waals surface area contributed by atoms with E-state index < -0.39 is 17.7 Å². The monoisotopic (exact) mass is 230 g/mol. The molecular weight excluding hydrogens is 214 g/mol. The van der Waals surface area contributed by atoms with Crippen LogP contribution in [0.1, 0.15) is 6.42 Å². The average molecular weight is 230 g/mol. The number of anilines is 1. The van der Waals surface area contributed by atoms with Crippen molar-refractivity contribution in [3.05, 3.63) is 29.8 Å². The third-order valence-electron chi connectivity index (χ3n) is 2.33. The highest BCUT2D eigenvalue weighted by Crippen LogP contribution is 2.17. The quantitative estimate of drug-likeness (QED) is 0.796. The predicted octanol–water partition coefficient (Wildman–Crippen LogP) is 1.11. The molecule has 0 radical (unpaired) electrons. The number of nitrogens with zero attached hydrogens (tertiary/aromatic N) is 1. The van der Waals surface area contributed by atoms with Gasteiger partial charge in [-0.05, 0) is 25.1 Å². The molecule has 0 saturated carbocycles. The van der Waals surface area contributed by atoms with Gasteiger partial charge in [-0.2, -0.15) is 0 Å². The number of hydrogen-bond donors (Lipinski definition) is 2. The second-order valence-corrected chi connectivity index (χ2v) is 3.71. The summed E-state index contributed by atoms with van der Waals surface area (Å²) in [7, 11) is 1.70. The van der Waals surface area contributed by atoms with E-state index in [1.54, 1.807) is 11.9 Å². The number of hydrogen-bond acceptors (Lipinski definition) is 3. The molecule has 0 heterocycles. The van der Waals surface area contributed by atoms with Gasteiger partial charge in [0.05, 0.1) is 6.10 Å². The Balaban J connectivity index is 2.65. The molecule has 5 heteroatoms. The van der Waals surface area contributed by atoms with Gasteiger partial charge < -0.3 is 15.7 Å². The minimum absolute atomic E-state index is 0.336. The van der Waals surface area contributed by atoms with Gasteiger partial charge in [0.1, 0.15) is 0 Å². The van der Waals surface area contributed by atoms with Crippen molar-refractivity contribution >= 4 is 5.69 Å². The highest BCUT2D eigenvalue weighted by molar-refractivity contribution is 5.45. The Kier molecular flexibility index (Phi) is 4.64. The summed E-state index contributed by atoms with van der Waals surface area (Å²) < 4.78 is 25.6. The van der Waals surface area contributed by atoms with Gasteiger partial charge in [-0.3, -0.25) is 0 Å². The summed E-state index contributed by atoms with van der Waals surface area (Å²) in [6.45, 7) is 0.731. The fourth-order valence-electron chi connectivity index (χ4n) is 1.43. The van der Waals surface area contributed by atoms with E-state index in [2.05, 4.69) is 0 Å². The largest absolute Gasteiger partial charge is 0.391 e. The van der Waals surface area contributed by atoms with E-state index in [4.69, 9.17) is 5.73 Å². The van der Waals surface area contributed by atoms with Crippen LogP contribution in [0.25, 0.3) is 0 Å². The summed E-state index contributed by atoms with van der Waals surface area (Å²) in [4.78, 5) is 1.66. The van der Waals surface area contributed by atoms with Crippen molar-refractivity contribution in [2.75, 3.05) is 25.0 Å². The molecule has 1 atom stereocenters. The summed E-state index contributed by atoms with van der Waals surface area (Å²) >= 11 is 0. The SMILES string of the molecule is CN(CC(O)CCN)c1ccc(F)c(F)c1. The van der Waals surface area contributed by atoms with Crippen LogP contribution in [0.3, 0.4) is 0 Å². The van der Waals surface area contributed by atoms with Crippen LogP contribution in [-0.4, -0.2) is 31.3 Å². The predicted molar refractivity (Wildman–Crippen MR) is 59.3 cm³/mol. The van der Waals surface area contributed by atoms with E-state index in [1.807, 2.05) is 0 Å². The molecule has 0 aliphatic carbocycles. The average Bonchev–Trinajstić information content (AvgIpc) is 2.22. The first-order valence-corrected chi connectivity index (χ1v) is 5.09. The molecule has 1 aromatic rings. The maximum atomic E-state index is 12.9. The number of benzene rings is 1. The Morgan fingerprint density at radius 1 is 1.38 bits per heavy atom. The normalized spacial score (nSPS) is 12.6. The first-order chi connectivity index (χ1) is 7.54. The van der Waals surface area contributed by atoms with E-state index in [0.29, 0.717) is 25.2 Å². The van der Waals surface area contributed by atoms with Gasteiger partial charge in [0, 0.05) is 25.3 Å². The van der Waals surface area contributed by atoms with Crippen LogP contribution in [-0.2, 0) is 0 Å². The lowest BCUT2D eigenvalue weighted by atomic mass is 10.2. The number of aliphatic hydroxyl groups is 1.